The summed E-state index contributed by atoms with van der Waals surface area (Å²) in [6.45, 7) is 2.21. The Morgan fingerprint density at radius 3 is 2.58 bits per heavy atom. The molecule has 2 aromatic carbocycles. The van der Waals surface area contributed by atoms with Gasteiger partial charge in [-0.1, -0.05) is 46.3 Å². The number of nitrogens with one attached hydrogen (secondary N) is 1. The van der Waals surface area contributed by atoms with Crippen LogP contribution in [0, 0.1) is 0 Å². The summed E-state index contributed by atoms with van der Waals surface area (Å²) in [5.74, 6) is 0.337. The molecule has 0 aliphatic carbocycles. The van der Waals surface area contributed by atoms with Crippen LogP contribution in [0.1, 0.15) is 18.5 Å². The predicted molar refractivity (Wildman–Crippen MR) is 94.0 cm³/mol. The van der Waals surface area contributed by atoms with Crippen molar-refractivity contribution in [2.75, 3.05) is 0 Å². The van der Waals surface area contributed by atoms with E-state index in [4.69, 9.17) is 0 Å². The first-order chi connectivity index (χ1) is 11.6. The van der Waals surface area contributed by atoms with E-state index in [1.807, 2.05) is 54.6 Å². The lowest BCUT2D eigenvalue weighted by Gasteiger charge is -2.10. The van der Waals surface area contributed by atoms with Gasteiger partial charge in [0.1, 0.15) is 6.04 Å². The van der Waals surface area contributed by atoms with Crippen LogP contribution in [0.15, 0.2) is 59.1 Å². The van der Waals surface area contributed by atoms with Gasteiger partial charge in [0.2, 0.25) is 11.7 Å². The molecule has 1 heterocycles. The minimum Gasteiger partial charge on any atom is -0.350 e. The molecule has 0 aliphatic rings. The molecule has 6 nitrogen and oxygen atoms in total. The maximum absolute atomic E-state index is 12.3. The highest BCUT2D eigenvalue weighted by Gasteiger charge is 2.18. The fourth-order valence-corrected chi connectivity index (χ4v) is 2.41. The van der Waals surface area contributed by atoms with Crippen LogP contribution in [-0.4, -0.2) is 26.1 Å². The van der Waals surface area contributed by atoms with E-state index in [1.54, 1.807) is 6.92 Å². The predicted octanol–water partition coefficient (Wildman–Crippen LogP) is 2.98. The average molecular weight is 386 g/mol. The Labute approximate surface area is 148 Å². The van der Waals surface area contributed by atoms with E-state index in [0.29, 0.717) is 12.4 Å². The average Bonchev–Trinajstić information content (AvgIpc) is 3.10. The molecule has 1 unspecified atom stereocenters. The van der Waals surface area contributed by atoms with Crippen LogP contribution in [0.25, 0.3) is 11.4 Å². The van der Waals surface area contributed by atoms with Gasteiger partial charge in [0, 0.05) is 16.6 Å². The summed E-state index contributed by atoms with van der Waals surface area (Å²) in [4.78, 5) is 13.6. The van der Waals surface area contributed by atoms with Crippen LogP contribution < -0.4 is 5.32 Å². The van der Waals surface area contributed by atoms with Gasteiger partial charge >= 0.3 is 0 Å². The number of aromatic nitrogens is 4. The molecule has 0 aliphatic heterocycles. The van der Waals surface area contributed by atoms with Gasteiger partial charge in [0.05, 0.1) is 0 Å². The third-order valence-corrected chi connectivity index (χ3v) is 4.09. The van der Waals surface area contributed by atoms with E-state index in [1.165, 1.54) is 4.80 Å². The highest BCUT2D eigenvalue weighted by Crippen LogP contribution is 2.18. The Hall–Kier alpha value is -2.54. The Balaban J connectivity index is 1.65. The lowest BCUT2D eigenvalue weighted by atomic mass is 10.2. The number of rotatable bonds is 5. The molecule has 7 heteroatoms. The summed E-state index contributed by atoms with van der Waals surface area (Å²) >= 11 is 3.39. The maximum Gasteiger partial charge on any atom is 0.246 e. The van der Waals surface area contributed by atoms with Crippen LogP contribution in [0.2, 0.25) is 0 Å². The third-order valence-electron chi connectivity index (χ3n) is 3.57. The lowest BCUT2D eigenvalue weighted by molar-refractivity contribution is -0.124. The molecule has 24 heavy (non-hydrogen) atoms. The molecule has 0 spiro atoms. The van der Waals surface area contributed by atoms with E-state index in [9.17, 15) is 4.79 Å². The number of amides is 1. The van der Waals surface area contributed by atoms with Crippen molar-refractivity contribution in [3.63, 3.8) is 0 Å². The smallest absolute Gasteiger partial charge is 0.246 e. The minimum absolute atomic E-state index is 0.154. The molecule has 3 rings (SSSR count). The number of hydrogen-bond donors (Lipinski definition) is 1. The van der Waals surface area contributed by atoms with Crippen molar-refractivity contribution in [2.45, 2.75) is 19.5 Å². The van der Waals surface area contributed by atoms with Gasteiger partial charge in [-0.2, -0.15) is 4.80 Å². The van der Waals surface area contributed by atoms with Gasteiger partial charge < -0.3 is 5.32 Å². The number of benzene rings is 2. The molecule has 0 fully saturated rings. The number of hydrogen-bond acceptors (Lipinski definition) is 4. The molecule has 1 atom stereocenters. The SMILES string of the molecule is CC(C(=O)NCc1ccccc1)n1nnc(-c2ccc(Br)cc2)n1. The van der Waals surface area contributed by atoms with Crippen LogP contribution in [0.3, 0.4) is 0 Å². The quantitative estimate of drug-likeness (QED) is 0.732. The van der Waals surface area contributed by atoms with E-state index >= 15 is 0 Å². The number of carbonyl (C=O) groups is 1. The van der Waals surface area contributed by atoms with Crippen molar-refractivity contribution in [1.82, 2.24) is 25.5 Å². The number of tetrazole rings is 1. The Kier molecular flexibility index (Phi) is 5.00. The molecule has 0 bridgehead atoms. The van der Waals surface area contributed by atoms with E-state index < -0.39 is 6.04 Å². The van der Waals surface area contributed by atoms with Crippen LogP contribution in [0.4, 0.5) is 0 Å². The largest absolute Gasteiger partial charge is 0.350 e. The van der Waals surface area contributed by atoms with Crippen molar-refractivity contribution in [2.24, 2.45) is 0 Å². The second kappa shape index (κ2) is 7.35. The molecule has 122 valence electrons. The van der Waals surface area contributed by atoms with Crippen molar-refractivity contribution < 1.29 is 4.79 Å². The Bertz CT molecular complexity index is 817. The zero-order valence-electron chi connectivity index (χ0n) is 13.1. The fourth-order valence-electron chi connectivity index (χ4n) is 2.14. The van der Waals surface area contributed by atoms with Crippen LogP contribution >= 0.6 is 15.9 Å². The monoisotopic (exact) mass is 385 g/mol. The van der Waals surface area contributed by atoms with Crippen LogP contribution in [0.5, 0.6) is 0 Å². The van der Waals surface area contributed by atoms with Crippen molar-refractivity contribution >= 4 is 21.8 Å². The topological polar surface area (TPSA) is 72.7 Å². The molecule has 1 amide bonds. The zero-order chi connectivity index (χ0) is 16.9. The summed E-state index contributed by atoms with van der Waals surface area (Å²) in [7, 11) is 0. The number of nitrogens with zero attached hydrogens (tertiary/aromatic N) is 4. The van der Waals surface area contributed by atoms with Gasteiger partial charge in [-0.05, 0) is 42.0 Å². The summed E-state index contributed by atoms with van der Waals surface area (Å²) in [6.07, 6.45) is 0. The Morgan fingerprint density at radius 1 is 1.17 bits per heavy atom. The first-order valence-corrected chi connectivity index (χ1v) is 8.30. The highest BCUT2D eigenvalue weighted by molar-refractivity contribution is 9.10. The van der Waals surface area contributed by atoms with Crippen molar-refractivity contribution in [3.8, 4) is 11.4 Å². The number of carbonyl (C=O) groups excluding carboxylic acids is 1. The molecule has 1 N–H and O–H groups in total. The summed E-state index contributed by atoms with van der Waals surface area (Å²) in [5, 5.41) is 15.2. The number of halogens is 1. The lowest BCUT2D eigenvalue weighted by Crippen LogP contribution is -2.31. The summed E-state index contributed by atoms with van der Waals surface area (Å²) < 4.78 is 0.979. The molecular formula is C17H16BrN5O. The van der Waals surface area contributed by atoms with Gasteiger partial charge in [0.25, 0.3) is 0 Å². The molecule has 1 aromatic heterocycles. The summed E-state index contributed by atoms with van der Waals surface area (Å²) in [6, 6.07) is 16.8. The molecule has 0 saturated heterocycles. The van der Waals surface area contributed by atoms with Gasteiger partial charge in [-0.15, -0.1) is 10.2 Å². The standard InChI is InChI=1S/C17H16BrN5O/c1-12(17(24)19-11-13-5-3-2-4-6-13)23-21-16(20-22-23)14-7-9-15(18)10-8-14/h2-10,12H,11H2,1H3,(H,19,24). The molecule has 0 radical (unpaired) electrons. The van der Waals surface area contributed by atoms with E-state index in [0.717, 1.165) is 15.6 Å². The van der Waals surface area contributed by atoms with E-state index in [-0.39, 0.29) is 5.91 Å². The molecule has 3 aromatic rings. The first kappa shape index (κ1) is 16.3. The fraction of sp³-hybridized carbons (Fsp3) is 0.176. The summed E-state index contributed by atoms with van der Waals surface area (Å²) in [5.41, 5.74) is 1.89. The zero-order valence-corrected chi connectivity index (χ0v) is 14.6. The van der Waals surface area contributed by atoms with Crippen LogP contribution in [-0.2, 0) is 11.3 Å². The van der Waals surface area contributed by atoms with Gasteiger partial charge in [-0.25, -0.2) is 0 Å². The second-order valence-corrected chi connectivity index (χ2v) is 6.24. The normalized spacial score (nSPS) is 11.9. The van der Waals surface area contributed by atoms with Crippen molar-refractivity contribution in [3.05, 3.63) is 64.6 Å². The minimum atomic E-state index is -0.537. The Morgan fingerprint density at radius 2 is 1.88 bits per heavy atom. The maximum atomic E-state index is 12.3. The molecular weight excluding hydrogens is 370 g/mol. The highest BCUT2D eigenvalue weighted by atomic mass is 79.9. The second-order valence-electron chi connectivity index (χ2n) is 5.32. The third kappa shape index (κ3) is 3.86. The first-order valence-electron chi connectivity index (χ1n) is 7.50. The van der Waals surface area contributed by atoms with Gasteiger partial charge in [-0.3, -0.25) is 4.79 Å². The van der Waals surface area contributed by atoms with Gasteiger partial charge in [0.15, 0.2) is 0 Å². The van der Waals surface area contributed by atoms with E-state index in [2.05, 4.69) is 36.7 Å². The van der Waals surface area contributed by atoms with Crippen molar-refractivity contribution in [1.29, 1.82) is 0 Å². The molecule has 0 saturated carbocycles.